The summed E-state index contributed by atoms with van der Waals surface area (Å²) in [6.45, 7) is 0.138. The summed E-state index contributed by atoms with van der Waals surface area (Å²) in [6, 6.07) is 0. The molecule has 19 heavy (non-hydrogen) atoms. The molecule has 4 aliphatic rings. The molecule has 4 aliphatic carbocycles. The highest BCUT2D eigenvalue weighted by molar-refractivity contribution is 7.89. The average Bonchev–Trinajstić information content (AvgIpc) is 2.25. The first-order valence-corrected chi connectivity index (χ1v) is 8.87. The van der Waals surface area contributed by atoms with Gasteiger partial charge in [-0.15, -0.1) is 0 Å². The minimum absolute atomic E-state index is 0.0650. The van der Waals surface area contributed by atoms with E-state index < -0.39 is 10.0 Å². The van der Waals surface area contributed by atoms with Gasteiger partial charge in [0.25, 0.3) is 0 Å². The second-order valence-corrected chi connectivity index (χ2v) is 8.55. The lowest BCUT2D eigenvalue weighted by Gasteiger charge is -2.55. The summed E-state index contributed by atoms with van der Waals surface area (Å²) >= 11 is 0. The Morgan fingerprint density at radius 1 is 1.11 bits per heavy atom. The molecule has 0 aliphatic heterocycles. The second-order valence-electron chi connectivity index (χ2n) is 6.82. The van der Waals surface area contributed by atoms with Gasteiger partial charge in [-0.05, 0) is 56.3 Å². The quantitative estimate of drug-likeness (QED) is 0.793. The van der Waals surface area contributed by atoms with Crippen LogP contribution in [0.25, 0.3) is 0 Å². The summed E-state index contributed by atoms with van der Waals surface area (Å²) in [6.07, 6.45) is 6.89. The first-order chi connectivity index (χ1) is 8.86. The maximum Gasteiger partial charge on any atom is 0.226 e. The number of carbonyl (C=O) groups excluding carboxylic acids is 1. The fourth-order valence-corrected chi connectivity index (χ4v) is 5.27. The lowest BCUT2D eigenvalue weighted by Crippen LogP contribution is -2.54. The van der Waals surface area contributed by atoms with Crippen LogP contribution in [0.1, 0.15) is 38.5 Å². The molecule has 0 unspecified atom stereocenters. The SMILES string of the molecule is NS(=O)(=O)CCNC(=O)C12CC3CC(CC(C3)C1)C2. The Balaban J connectivity index is 1.63. The van der Waals surface area contributed by atoms with Crippen molar-refractivity contribution in [3.8, 4) is 0 Å². The Labute approximate surface area is 114 Å². The highest BCUT2D eigenvalue weighted by atomic mass is 32.2. The van der Waals surface area contributed by atoms with E-state index in [0.29, 0.717) is 0 Å². The minimum Gasteiger partial charge on any atom is -0.355 e. The highest BCUT2D eigenvalue weighted by Crippen LogP contribution is 2.60. The van der Waals surface area contributed by atoms with E-state index in [4.69, 9.17) is 5.14 Å². The van der Waals surface area contributed by atoms with Gasteiger partial charge in [-0.3, -0.25) is 4.79 Å². The van der Waals surface area contributed by atoms with Crippen LogP contribution in [0.2, 0.25) is 0 Å². The van der Waals surface area contributed by atoms with Gasteiger partial charge in [0.2, 0.25) is 15.9 Å². The van der Waals surface area contributed by atoms with Gasteiger partial charge in [-0.1, -0.05) is 0 Å². The zero-order chi connectivity index (χ0) is 13.7. The van der Waals surface area contributed by atoms with E-state index in [9.17, 15) is 13.2 Å². The number of rotatable bonds is 4. The Morgan fingerprint density at radius 2 is 1.58 bits per heavy atom. The predicted molar refractivity (Wildman–Crippen MR) is 71.6 cm³/mol. The zero-order valence-electron chi connectivity index (χ0n) is 11.1. The van der Waals surface area contributed by atoms with Crippen LogP contribution in [-0.4, -0.2) is 26.6 Å². The minimum atomic E-state index is -3.49. The molecule has 0 aromatic carbocycles. The van der Waals surface area contributed by atoms with Crippen molar-refractivity contribution in [3.05, 3.63) is 0 Å². The highest BCUT2D eigenvalue weighted by Gasteiger charge is 2.54. The lowest BCUT2D eigenvalue weighted by molar-refractivity contribution is -0.146. The first kappa shape index (κ1) is 13.4. The summed E-state index contributed by atoms with van der Waals surface area (Å²) in [4.78, 5) is 12.4. The van der Waals surface area contributed by atoms with Crippen LogP contribution in [0.4, 0.5) is 0 Å². The number of amides is 1. The average molecular weight is 286 g/mol. The van der Waals surface area contributed by atoms with Crippen molar-refractivity contribution in [3.63, 3.8) is 0 Å². The van der Waals surface area contributed by atoms with Crippen LogP contribution in [-0.2, 0) is 14.8 Å². The molecule has 4 bridgehead atoms. The van der Waals surface area contributed by atoms with E-state index in [-0.39, 0.29) is 23.6 Å². The van der Waals surface area contributed by atoms with Crippen LogP contribution < -0.4 is 10.5 Å². The smallest absolute Gasteiger partial charge is 0.226 e. The normalized spacial score (nSPS) is 40.4. The van der Waals surface area contributed by atoms with Crippen LogP contribution in [0.15, 0.2) is 0 Å². The van der Waals surface area contributed by atoms with E-state index in [1.165, 1.54) is 19.3 Å². The molecular weight excluding hydrogens is 264 g/mol. The largest absolute Gasteiger partial charge is 0.355 e. The molecular formula is C13H22N2O3S. The van der Waals surface area contributed by atoms with Gasteiger partial charge >= 0.3 is 0 Å². The van der Waals surface area contributed by atoms with Gasteiger partial charge in [0.05, 0.1) is 5.75 Å². The van der Waals surface area contributed by atoms with Crippen LogP contribution in [0.3, 0.4) is 0 Å². The Kier molecular flexibility index (Phi) is 3.13. The standard InChI is InChI=1S/C13H22N2O3S/c14-19(17,18)2-1-15-12(16)13-6-9-3-10(7-13)5-11(4-9)8-13/h9-11H,1-8H2,(H,15,16)(H2,14,17,18). The summed E-state index contributed by atoms with van der Waals surface area (Å²) in [7, 11) is -3.49. The topological polar surface area (TPSA) is 89.3 Å². The molecule has 0 atom stereocenters. The van der Waals surface area contributed by atoms with E-state index in [1.54, 1.807) is 0 Å². The molecule has 0 spiro atoms. The van der Waals surface area contributed by atoms with Gasteiger partial charge in [-0.2, -0.15) is 0 Å². The first-order valence-electron chi connectivity index (χ1n) is 7.15. The summed E-state index contributed by atoms with van der Waals surface area (Å²) in [5.41, 5.74) is -0.201. The molecule has 1 amide bonds. The monoisotopic (exact) mass is 286 g/mol. The van der Waals surface area contributed by atoms with E-state index >= 15 is 0 Å². The summed E-state index contributed by atoms with van der Waals surface area (Å²) in [5, 5.41) is 7.75. The summed E-state index contributed by atoms with van der Waals surface area (Å²) in [5.74, 6) is 2.04. The summed E-state index contributed by atoms with van der Waals surface area (Å²) < 4.78 is 21.8. The van der Waals surface area contributed by atoms with E-state index in [1.807, 2.05) is 0 Å². The van der Waals surface area contributed by atoms with Crippen molar-refractivity contribution in [1.82, 2.24) is 5.32 Å². The van der Waals surface area contributed by atoms with E-state index in [0.717, 1.165) is 37.0 Å². The number of nitrogens with two attached hydrogens (primary N) is 1. The third kappa shape index (κ3) is 2.65. The van der Waals surface area contributed by atoms with Crippen molar-refractivity contribution >= 4 is 15.9 Å². The molecule has 3 N–H and O–H groups in total. The molecule has 5 nitrogen and oxygen atoms in total. The van der Waals surface area contributed by atoms with Crippen molar-refractivity contribution in [2.45, 2.75) is 38.5 Å². The number of hydrogen-bond donors (Lipinski definition) is 2. The van der Waals surface area contributed by atoms with Crippen molar-refractivity contribution < 1.29 is 13.2 Å². The number of primary sulfonamides is 1. The molecule has 4 saturated carbocycles. The van der Waals surface area contributed by atoms with Gasteiger partial charge in [0.1, 0.15) is 0 Å². The molecule has 108 valence electrons. The van der Waals surface area contributed by atoms with Gasteiger partial charge in [0.15, 0.2) is 0 Å². The Hall–Kier alpha value is -0.620. The van der Waals surface area contributed by atoms with Crippen molar-refractivity contribution in [1.29, 1.82) is 0 Å². The van der Waals surface area contributed by atoms with Crippen LogP contribution in [0, 0.1) is 23.2 Å². The number of nitrogens with one attached hydrogen (secondary N) is 1. The van der Waals surface area contributed by atoms with Gasteiger partial charge < -0.3 is 5.32 Å². The number of sulfonamides is 1. The zero-order valence-corrected chi connectivity index (χ0v) is 11.9. The van der Waals surface area contributed by atoms with Crippen LogP contribution >= 0.6 is 0 Å². The van der Waals surface area contributed by atoms with Gasteiger partial charge in [0, 0.05) is 12.0 Å². The van der Waals surface area contributed by atoms with Crippen molar-refractivity contribution in [2.24, 2.45) is 28.3 Å². The van der Waals surface area contributed by atoms with Crippen molar-refractivity contribution in [2.75, 3.05) is 12.3 Å². The Bertz CT molecular complexity index is 451. The maximum atomic E-state index is 12.4. The molecule has 6 heteroatoms. The Morgan fingerprint density at radius 3 is 2.00 bits per heavy atom. The molecule has 0 heterocycles. The molecule has 4 fully saturated rings. The number of hydrogen-bond acceptors (Lipinski definition) is 3. The van der Waals surface area contributed by atoms with E-state index in [2.05, 4.69) is 5.32 Å². The third-order valence-corrected chi connectivity index (χ3v) is 5.97. The fraction of sp³-hybridized carbons (Fsp3) is 0.923. The second kappa shape index (κ2) is 4.45. The fourth-order valence-electron chi connectivity index (χ4n) is 4.88. The maximum absolute atomic E-state index is 12.4. The predicted octanol–water partition coefficient (Wildman–Crippen LogP) is 0.607. The van der Waals surface area contributed by atoms with Gasteiger partial charge in [-0.25, -0.2) is 13.6 Å². The molecule has 0 aromatic heterocycles. The molecule has 0 radical (unpaired) electrons. The number of carbonyl (C=O) groups is 1. The molecule has 0 saturated heterocycles. The molecule has 4 rings (SSSR count). The molecule has 0 aromatic rings. The lowest BCUT2D eigenvalue weighted by atomic mass is 9.49. The third-order valence-electron chi connectivity index (χ3n) is 5.19. The van der Waals surface area contributed by atoms with Crippen LogP contribution in [0.5, 0.6) is 0 Å².